The first-order valence-electron chi connectivity index (χ1n) is 6.08. The molecule has 0 radical (unpaired) electrons. The minimum Gasteiger partial charge on any atom is -0.304 e. The van der Waals surface area contributed by atoms with E-state index in [1.807, 2.05) is 24.4 Å². The van der Waals surface area contributed by atoms with Gasteiger partial charge in [-0.05, 0) is 43.2 Å². The van der Waals surface area contributed by atoms with Crippen LogP contribution in [0.2, 0.25) is 5.02 Å². The van der Waals surface area contributed by atoms with E-state index < -0.39 is 0 Å². The third-order valence-electron chi connectivity index (χ3n) is 3.05. The Morgan fingerprint density at radius 1 is 1.00 bits per heavy atom. The third-order valence-corrected chi connectivity index (χ3v) is 3.31. The zero-order valence-corrected chi connectivity index (χ0v) is 11.4. The van der Waals surface area contributed by atoms with Crippen molar-refractivity contribution in [2.24, 2.45) is 0 Å². The second-order valence-electron chi connectivity index (χ2n) is 4.45. The van der Waals surface area contributed by atoms with Crippen molar-refractivity contribution in [3.63, 3.8) is 0 Å². The maximum absolute atomic E-state index is 5.89. The van der Waals surface area contributed by atoms with Crippen LogP contribution < -0.4 is 5.32 Å². The lowest BCUT2D eigenvalue weighted by Gasteiger charge is -2.20. The molecule has 1 unspecified atom stereocenters. The first-order chi connectivity index (χ1) is 8.66. The van der Waals surface area contributed by atoms with Crippen molar-refractivity contribution in [2.75, 3.05) is 0 Å². The summed E-state index contributed by atoms with van der Waals surface area (Å²) < 4.78 is 0. The minimum absolute atomic E-state index is 0.268. The summed E-state index contributed by atoms with van der Waals surface area (Å²) in [6.45, 7) is 4.29. The van der Waals surface area contributed by atoms with Gasteiger partial charge in [0.15, 0.2) is 0 Å². The van der Waals surface area contributed by atoms with Crippen LogP contribution in [0.3, 0.4) is 0 Å². The summed E-state index contributed by atoms with van der Waals surface area (Å²) >= 11 is 5.89. The standard InChI is InChI=1S/C15H17ClN2/c1-11(13-5-7-15(16)8-6-13)18-12(2)14-4-3-9-17-10-14/h3-12,18H,1-2H3/t11-,12?/m0/s1. The van der Waals surface area contributed by atoms with Crippen molar-refractivity contribution in [2.45, 2.75) is 25.9 Å². The molecule has 1 N–H and O–H groups in total. The molecule has 1 aromatic carbocycles. The molecule has 0 bridgehead atoms. The van der Waals surface area contributed by atoms with Crippen LogP contribution in [0, 0.1) is 0 Å². The highest BCUT2D eigenvalue weighted by Gasteiger charge is 2.10. The molecule has 3 heteroatoms. The van der Waals surface area contributed by atoms with E-state index in [0.29, 0.717) is 0 Å². The predicted octanol–water partition coefficient (Wildman–Crippen LogP) is 4.15. The molecule has 1 aromatic heterocycles. The molecule has 2 nitrogen and oxygen atoms in total. The van der Waals surface area contributed by atoms with Gasteiger partial charge in [0, 0.05) is 29.5 Å². The Labute approximate surface area is 113 Å². The number of pyridine rings is 1. The number of nitrogens with one attached hydrogen (secondary N) is 1. The van der Waals surface area contributed by atoms with Gasteiger partial charge < -0.3 is 5.32 Å². The van der Waals surface area contributed by atoms with Crippen LogP contribution in [0.4, 0.5) is 0 Å². The number of hydrogen-bond acceptors (Lipinski definition) is 2. The first kappa shape index (κ1) is 13.1. The molecule has 1 heterocycles. The molecule has 2 aromatic rings. The van der Waals surface area contributed by atoms with E-state index in [2.05, 4.69) is 42.3 Å². The summed E-state index contributed by atoms with van der Waals surface area (Å²) in [7, 11) is 0. The fourth-order valence-corrected chi connectivity index (χ4v) is 2.08. The summed E-state index contributed by atoms with van der Waals surface area (Å²) in [5.74, 6) is 0. The highest BCUT2D eigenvalue weighted by molar-refractivity contribution is 6.30. The van der Waals surface area contributed by atoms with E-state index in [0.717, 1.165) is 5.02 Å². The van der Waals surface area contributed by atoms with Gasteiger partial charge in [0.05, 0.1) is 0 Å². The van der Waals surface area contributed by atoms with Crippen LogP contribution >= 0.6 is 11.6 Å². The zero-order chi connectivity index (χ0) is 13.0. The SMILES string of the molecule is CC(N[C@@H](C)c1ccc(Cl)cc1)c1cccnc1. The summed E-state index contributed by atoms with van der Waals surface area (Å²) in [4.78, 5) is 4.14. The van der Waals surface area contributed by atoms with E-state index in [9.17, 15) is 0 Å². The third kappa shape index (κ3) is 3.31. The van der Waals surface area contributed by atoms with Crippen LogP contribution in [0.1, 0.15) is 37.1 Å². The molecule has 0 fully saturated rings. The van der Waals surface area contributed by atoms with E-state index in [1.165, 1.54) is 11.1 Å². The normalized spacial score (nSPS) is 14.2. The van der Waals surface area contributed by atoms with Gasteiger partial charge in [-0.25, -0.2) is 0 Å². The Morgan fingerprint density at radius 2 is 1.67 bits per heavy atom. The summed E-state index contributed by atoms with van der Waals surface area (Å²) in [6, 6.07) is 12.5. The molecule has 94 valence electrons. The van der Waals surface area contributed by atoms with Gasteiger partial charge in [0.1, 0.15) is 0 Å². The number of rotatable bonds is 4. The number of hydrogen-bond donors (Lipinski definition) is 1. The van der Waals surface area contributed by atoms with Gasteiger partial charge in [0.25, 0.3) is 0 Å². The molecule has 2 rings (SSSR count). The Bertz CT molecular complexity index is 482. The van der Waals surface area contributed by atoms with Crippen molar-refractivity contribution in [3.05, 3.63) is 64.9 Å². The van der Waals surface area contributed by atoms with E-state index in [-0.39, 0.29) is 12.1 Å². The van der Waals surface area contributed by atoms with Gasteiger partial charge in [-0.1, -0.05) is 29.8 Å². The largest absolute Gasteiger partial charge is 0.304 e. The summed E-state index contributed by atoms with van der Waals surface area (Å²) in [5.41, 5.74) is 2.42. The van der Waals surface area contributed by atoms with Crippen molar-refractivity contribution in [3.8, 4) is 0 Å². The Hall–Kier alpha value is -1.38. The van der Waals surface area contributed by atoms with E-state index in [1.54, 1.807) is 6.20 Å². The fraction of sp³-hybridized carbons (Fsp3) is 0.267. The quantitative estimate of drug-likeness (QED) is 0.893. The smallest absolute Gasteiger partial charge is 0.0406 e. The molecular formula is C15H17ClN2. The molecule has 0 amide bonds. The van der Waals surface area contributed by atoms with Crippen LogP contribution in [0.5, 0.6) is 0 Å². The summed E-state index contributed by atoms with van der Waals surface area (Å²) in [6.07, 6.45) is 3.69. The van der Waals surface area contributed by atoms with Gasteiger partial charge in [-0.2, -0.15) is 0 Å². The van der Waals surface area contributed by atoms with Crippen molar-refractivity contribution < 1.29 is 0 Å². The van der Waals surface area contributed by atoms with Gasteiger partial charge in [-0.15, -0.1) is 0 Å². The van der Waals surface area contributed by atoms with Crippen molar-refractivity contribution in [1.29, 1.82) is 0 Å². The molecule has 0 saturated carbocycles. The number of nitrogens with zero attached hydrogens (tertiary/aromatic N) is 1. The van der Waals surface area contributed by atoms with E-state index >= 15 is 0 Å². The minimum atomic E-state index is 0.268. The van der Waals surface area contributed by atoms with E-state index in [4.69, 9.17) is 11.6 Å². The molecule has 0 aliphatic heterocycles. The maximum Gasteiger partial charge on any atom is 0.0406 e. The number of aromatic nitrogens is 1. The Morgan fingerprint density at radius 3 is 2.28 bits per heavy atom. The lowest BCUT2D eigenvalue weighted by atomic mass is 10.1. The monoisotopic (exact) mass is 260 g/mol. The topological polar surface area (TPSA) is 24.9 Å². The van der Waals surface area contributed by atoms with Gasteiger partial charge >= 0.3 is 0 Å². The number of benzene rings is 1. The van der Waals surface area contributed by atoms with Crippen molar-refractivity contribution in [1.82, 2.24) is 10.3 Å². The lowest BCUT2D eigenvalue weighted by Crippen LogP contribution is -2.22. The fourth-order valence-electron chi connectivity index (χ4n) is 1.95. The highest BCUT2D eigenvalue weighted by Crippen LogP contribution is 2.20. The molecule has 0 aliphatic rings. The highest BCUT2D eigenvalue weighted by atomic mass is 35.5. The predicted molar refractivity (Wildman–Crippen MR) is 75.7 cm³/mol. The molecule has 18 heavy (non-hydrogen) atoms. The van der Waals surface area contributed by atoms with Crippen LogP contribution in [-0.4, -0.2) is 4.98 Å². The average molecular weight is 261 g/mol. The average Bonchev–Trinajstić information content (AvgIpc) is 2.40. The summed E-state index contributed by atoms with van der Waals surface area (Å²) in [5, 5.41) is 4.32. The molecule has 0 spiro atoms. The van der Waals surface area contributed by atoms with Crippen molar-refractivity contribution >= 4 is 11.6 Å². The molecule has 2 atom stereocenters. The second kappa shape index (κ2) is 5.98. The molecule has 0 saturated heterocycles. The Kier molecular flexibility index (Phi) is 4.34. The van der Waals surface area contributed by atoms with Crippen LogP contribution in [0.25, 0.3) is 0 Å². The van der Waals surface area contributed by atoms with Crippen LogP contribution in [0.15, 0.2) is 48.8 Å². The first-order valence-corrected chi connectivity index (χ1v) is 6.46. The van der Waals surface area contributed by atoms with Gasteiger partial charge in [-0.3, -0.25) is 4.98 Å². The lowest BCUT2D eigenvalue weighted by molar-refractivity contribution is 0.494. The second-order valence-corrected chi connectivity index (χ2v) is 4.88. The Balaban J connectivity index is 2.03. The van der Waals surface area contributed by atoms with Gasteiger partial charge in [0.2, 0.25) is 0 Å². The molecule has 0 aliphatic carbocycles. The zero-order valence-electron chi connectivity index (χ0n) is 10.6. The maximum atomic E-state index is 5.89. The van der Waals surface area contributed by atoms with Crippen LogP contribution in [-0.2, 0) is 0 Å². The molecular weight excluding hydrogens is 244 g/mol. The number of halogens is 1.